The SMILES string of the molecule is O=C(NCc1cccc(Br)c1)c1ccnc2ccccc12. The van der Waals surface area contributed by atoms with E-state index in [4.69, 9.17) is 0 Å². The van der Waals surface area contributed by atoms with E-state index in [0.29, 0.717) is 12.1 Å². The van der Waals surface area contributed by atoms with Crippen LogP contribution in [-0.4, -0.2) is 10.9 Å². The van der Waals surface area contributed by atoms with Crippen molar-refractivity contribution >= 4 is 32.7 Å². The number of hydrogen-bond donors (Lipinski definition) is 1. The van der Waals surface area contributed by atoms with E-state index in [1.165, 1.54) is 0 Å². The molecule has 0 aliphatic rings. The van der Waals surface area contributed by atoms with Gasteiger partial charge < -0.3 is 5.32 Å². The number of para-hydroxylation sites is 1. The highest BCUT2D eigenvalue weighted by atomic mass is 79.9. The lowest BCUT2D eigenvalue weighted by Gasteiger charge is -2.08. The zero-order chi connectivity index (χ0) is 14.7. The Labute approximate surface area is 131 Å². The van der Waals surface area contributed by atoms with E-state index < -0.39 is 0 Å². The third-order valence-corrected chi connectivity index (χ3v) is 3.73. The van der Waals surface area contributed by atoms with Gasteiger partial charge in [0, 0.05) is 22.6 Å². The Balaban J connectivity index is 1.81. The van der Waals surface area contributed by atoms with Crippen molar-refractivity contribution < 1.29 is 4.79 Å². The largest absolute Gasteiger partial charge is 0.348 e. The minimum atomic E-state index is -0.0893. The fraction of sp³-hybridized carbons (Fsp3) is 0.0588. The molecular weight excluding hydrogens is 328 g/mol. The van der Waals surface area contributed by atoms with Gasteiger partial charge in [-0.25, -0.2) is 0 Å². The monoisotopic (exact) mass is 340 g/mol. The molecule has 0 saturated heterocycles. The smallest absolute Gasteiger partial charge is 0.252 e. The minimum absolute atomic E-state index is 0.0893. The first-order chi connectivity index (χ1) is 10.2. The van der Waals surface area contributed by atoms with E-state index in [1.807, 2.05) is 48.5 Å². The van der Waals surface area contributed by atoms with Crippen molar-refractivity contribution in [2.75, 3.05) is 0 Å². The maximum absolute atomic E-state index is 12.4. The standard InChI is InChI=1S/C17H13BrN2O/c18-13-5-3-4-12(10-13)11-20-17(21)15-8-9-19-16-7-2-1-6-14(15)16/h1-10H,11H2,(H,20,21). The number of benzene rings is 2. The van der Waals surface area contributed by atoms with E-state index in [9.17, 15) is 4.79 Å². The molecule has 3 rings (SSSR count). The van der Waals surface area contributed by atoms with Crippen LogP contribution in [0.4, 0.5) is 0 Å². The molecular formula is C17H13BrN2O. The van der Waals surface area contributed by atoms with Crippen LogP contribution in [0.3, 0.4) is 0 Å². The summed E-state index contributed by atoms with van der Waals surface area (Å²) in [7, 11) is 0. The first kappa shape index (κ1) is 13.8. The van der Waals surface area contributed by atoms with Gasteiger partial charge >= 0.3 is 0 Å². The predicted molar refractivity (Wildman–Crippen MR) is 87.1 cm³/mol. The average Bonchev–Trinajstić information content (AvgIpc) is 2.52. The van der Waals surface area contributed by atoms with Crippen molar-refractivity contribution in [1.82, 2.24) is 10.3 Å². The van der Waals surface area contributed by atoms with Crippen LogP contribution in [0.1, 0.15) is 15.9 Å². The molecule has 0 radical (unpaired) electrons. The highest BCUT2D eigenvalue weighted by Gasteiger charge is 2.09. The molecule has 104 valence electrons. The van der Waals surface area contributed by atoms with E-state index in [0.717, 1.165) is 20.9 Å². The van der Waals surface area contributed by atoms with E-state index in [1.54, 1.807) is 12.3 Å². The van der Waals surface area contributed by atoms with Crippen molar-refractivity contribution in [3.63, 3.8) is 0 Å². The van der Waals surface area contributed by atoms with Crippen LogP contribution in [0.2, 0.25) is 0 Å². The molecule has 0 aliphatic carbocycles. The molecule has 0 spiro atoms. The number of amides is 1. The van der Waals surface area contributed by atoms with Crippen LogP contribution < -0.4 is 5.32 Å². The molecule has 3 nitrogen and oxygen atoms in total. The molecule has 1 N–H and O–H groups in total. The van der Waals surface area contributed by atoms with Crippen LogP contribution in [-0.2, 0) is 6.54 Å². The quantitative estimate of drug-likeness (QED) is 0.784. The lowest BCUT2D eigenvalue weighted by Crippen LogP contribution is -2.23. The summed E-state index contributed by atoms with van der Waals surface area (Å²) in [5.74, 6) is -0.0893. The number of hydrogen-bond acceptors (Lipinski definition) is 2. The Bertz CT molecular complexity index is 796. The summed E-state index contributed by atoms with van der Waals surface area (Å²) in [4.78, 5) is 16.6. The number of nitrogens with one attached hydrogen (secondary N) is 1. The molecule has 1 heterocycles. The fourth-order valence-electron chi connectivity index (χ4n) is 2.22. The molecule has 1 amide bonds. The molecule has 3 aromatic rings. The summed E-state index contributed by atoms with van der Waals surface area (Å²) in [6.45, 7) is 0.495. The lowest BCUT2D eigenvalue weighted by atomic mass is 10.1. The van der Waals surface area contributed by atoms with Gasteiger partial charge in [0.15, 0.2) is 0 Å². The first-order valence-corrected chi connectivity index (χ1v) is 7.40. The Hall–Kier alpha value is -2.20. The molecule has 0 saturated carbocycles. The van der Waals surface area contributed by atoms with Gasteiger partial charge in [0.1, 0.15) is 0 Å². The maximum atomic E-state index is 12.4. The van der Waals surface area contributed by atoms with Gasteiger partial charge in [0.2, 0.25) is 0 Å². The number of pyridine rings is 1. The third kappa shape index (κ3) is 3.11. The highest BCUT2D eigenvalue weighted by molar-refractivity contribution is 9.10. The second-order valence-corrected chi connectivity index (χ2v) is 5.60. The van der Waals surface area contributed by atoms with Gasteiger partial charge in [0.05, 0.1) is 11.1 Å². The van der Waals surface area contributed by atoms with Gasteiger partial charge in [-0.2, -0.15) is 0 Å². The summed E-state index contributed by atoms with van der Waals surface area (Å²) in [6.07, 6.45) is 1.66. The molecule has 0 fully saturated rings. The molecule has 0 unspecified atom stereocenters. The average molecular weight is 341 g/mol. The van der Waals surface area contributed by atoms with Gasteiger partial charge in [-0.15, -0.1) is 0 Å². The van der Waals surface area contributed by atoms with Crippen molar-refractivity contribution in [2.24, 2.45) is 0 Å². The van der Waals surface area contributed by atoms with Crippen LogP contribution >= 0.6 is 15.9 Å². The number of carbonyl (C=O) groups is 1. The zero-order valence-electron chi connectivity index (χ0n) is 11.2. The summed E-state index contributed by atoms with van der Waals surface area (Å²) in [5, 5.41) is 3.81. The number of nitrogens with zero attached hydrogens (tertiary/aromatic N) is 1. The number of fused-ring (bicyclic) bond motifs is 1. The zero-order valence-corrected chi connectivity index (χ0v) is 12.8. The van der Waals surface area contributed by atoms with Crippen molar-refractivity contribution in [2.45, 2.75) is 6.54 Å². The predicted octanol–water partition coefficient (Wildman–Crippen LogP) is 3.93. The Morgan fingerprint density at radius 2 is 1.95 bits per heavy atom. The van der Waals surface area contributed by atoms with Crippen LogP contribution in [0, 0.1) is 0 Å². The Morgan fingerprint density at radius 3 is 2.81 bits per heavy atom. The second-order valence-electron chi connectivity index (χ2n) is 4.69. The Kier molecular flexibility index (Phi) is 3.97. The molecule has 1 aromatic heterocycles. The summed E-state index contributed by atoms with van der Waals surface area (Å²) in [6, 6.07) is 17.3. The van der Waals surface area contributed by atoms with Crippen LogP contribution in [0.25, 0.3) is 10.9 Å². The molecule has 2 aromatic carbocycles. The molecule has 4 heteroatoms. The van der Waals surface area contributed by atoms with Crippen molar-refractivity contribution in [1.29, 1.82) is 0 Å². The second kappa shape index (κ2) is 6.06. The number of halogens is 1. The number of rotatable bonds is 3. The van der Waals surface area contributed by atoms with Crippen LogP contribution in [0.15, 0.2) is 65.3 Å². The maximum Gasteiger partial charge on any atom is 0.252 e. The first-order valence-electron chi connectivity index (χ1n) is 6.60. The van der Waals surface area contributed by atoms with Crippen molar-refractivity contribution in [3.05, 3.63) is 76.4 Å². The van der Waals surface area contributed by atoms with Gasteiger partial charge in [-0.1, -0.05) is 46.3 Å². The van der Waals surface area contributed by atoms with Gasteiger partial charge in [-0.05, 0) is 29.8 Å². The highest BCUT2D eigenvalue weighted by Crippen LogP contribution is 2.16. The van der Waals surface area contributed by atoms with Gasteiger partial charge in [0.25, 0.3) is 5.91 Å². The number of carbonyl (C=O) groups excluding carboxylic acids is 1. The fourth-order valence-corrected chi connectivity index (χ4v) is 2.66. The van der Waals surface area contributed by atoms with E-state index in [-0.39, 0.29) is 5.91 Å². The van der Waals surface area contributed by atoms with Crippen LogP contribution in [0.5, 0.6) is 0 Å². The topological polar surface area (TPSA) is 42.0 Å². The van der Waals surface area contributed by atoms with E-state index in [2.05, 4.69) is 26.2 Å². The number of aromatic nitrogens is 1. The third-order valence-electron chi connectivity index (χ3n) is 3.24. The molecule has 0 aliphatic heterocycles. The summed E-state index contributed by atoms with van der Waals surface area (Å²) in [5.41, 5.74) is 2.53. The lowest BCUT2D eigenvalue weighted by molar-refractivity contribution is 0.0952. The minimum Gasteiger partial charge on any atom is -0.348 e. The molecule has 21 heavy (non-hydrogen) atoms. The molecule has 0 atom stereocenters. The van der Waals surface area contributed by atoms with E-state index >= 15 is 0 Å². The molecule has 0 bridgehead atoms. The Morgan fingerprint density at radius 1 is 1.10 bits per heavy atom. The summed E-state index contributed by atoms with van der Waals surface area (Å²) < 4.78 is 1.00. The normalized spacial score (nSPS) is 10.5. The van der Waals surface area contributed by atoms with Crippen molar-refractivity contribution in [3.8, 4) is 0 Å². The summed E-state index contributed by atoms with van der Waals surface area (Å²) >= 11 is 3.43. The van der Waals surface area contributed by atoms with Gasteiger partial charge in [-0.3, -0.25) is 9.78 Å².